The third-order valence-electron chi connectivity index (χ3n) is 2.70. The lowest BCUT2D eigenvalue weighted by atomic mass is 10.1. The van der Waals surface area contributed by atoms with Crippen LogP contribution in [-0.4, -0.2) is 33.3 Å². The number of carbonyl (C=O) groups excluding carboxylic acids is 1. The molecule has 2 aromatic heterocycles. The van der Waals surface area contributed by atoms with Crippen molar-refractivity contribution in [1.29, 1.82) is 0 Å². The molecular formula is C13H8N4O2. The van der Waals surface area contributed by atoms with Crippen molar-refractivity contribution in [2.75, 3.05) is 6.61 Å². The molecule has 19 heavy (non-hydrogen) atoms. The Morgan fingerprint density at radius 2 is 2.26 bits per heavy atom. The van der Waals surface area contributed by atoms with E-state index in [1.165, 1.54) is 0 Å². The van der Waals surface area contributed by atoms with Gasteiger partial charge in [0.2, 0.25) is 5.65 Å². The fourth-order valence-electron chi connectivity index (χ4n) is 1.91. The van der Waals surface area contributed by atoms with Crippen molar-refractivity contribution in [2.24, 2.45) is 0 Å². The number of aldehydes is 1. The molecule has 0 fully saturated rings. The molecule has 92 valence electrons. The van der Waals surface area contributed by atoms with Gasteiger partial charge in [-0.15, -0.1) is 11.5 Å². The van der Waals surface area contributed by atoms with Gasteiger partial charge in [-0.3, -0.25) is 4.79 Å². The number of pyridine rings is 1. The molecule has 3 rings (SSSR count). The van der Waals surface area contributed by atoms with E-state index in [-0.39, 0.29) is 6.61 Å². The summed E-state index contributed by atoms with van der Waals surface area (Å²) in [4.78, 5) is 15.4. The van der Waals surface area contributed by atoms with Crippen LogP contribution in [0.3, 0.4) is 0 Å². The molecule has 0 spiro atoms. The van der Waals surface area contributed by atoms with Crippen molar-refractivity contribution < 1.29 is 9.53 Å². The average molecular weight is 252 g/mol. The van der Waals surface area contributed by atoms with Gasteiger partial charge in [0.15, 0.2) is 17.6 Å². The second-order valence-corrected chi connectivity index (χ2v) is 3.79. The number of H-pyrrole nitrogens is 1. The summed E-state index contributed by atoms with van der Waals surface area (Å²) >= 11 is 0. The number of aromatic nitrogens is 4. The number of para-hydroxylation sites is 1. The molecule has 0 saturated carbocycles. The second kappa shape index (κ2) is 4.38. The Bertz CT molecular complexity index is 816. The molecule has 0 aliphatic heterocycles. The normalized spacial score (nSPS) is 10.5. The maximum Gasteiger partial charge on any atom is 0.206 e. The number of benzene rings is 1. The molecule has 0 saturated heterocycles. The molecule has 3 aromatic rings. The van der Waals surface area contributed by atoms with Gasteiger partial charge in [0.25, 0.3) is 0 Å². The number of nitrogens with zero attached hydrogens (tertiary/aromatic N) is 3. The average Bonchev–Trinajstić information content (AvgIpc) is 2.91. The van der Waals surface area contributed by atoms with E-state index in [4.69, 9.17) is 11.2 Å². The van der Waals surface area contributed by atoms with Gasteiger partial charge < -0.3 is 4.74 Å². The largest absolute Gasteiger partial charge is 0.478 e. The lowest BCUT2D eigenvalue weighted by Crippen LogP contribution is -1.98. The number of rotatable bonds is 3. The standard InChI is InChI=1S/C13H8N4O2/c1-2-6-19-12-9-5-3-4-8(7-18)10(9)14-13-11(12)15-17-16-13/h1,3-5,7H,6H2,(H,14,15,16,17). The van der Waals surface area contributed by atoms with E-state index in [1.54, 1.807) is 18.2 Å². The third kappa shape index (κ3) is 1.68. The Hall–Kier alpha value is -2.94. The molecule has 0 bridgehead atoms. The SMILES string of the molecule is C#CCOc1c2cccc(C=O)c2nc2n[nH]nc12. The highest BCUT2D eigenvalue weighted by atomic mass is 16.5. The van der Waals surface area contributed by atoms with E-state index < -0.39 is 0 Å². The summed E-state index contributed by atoms with van der Waals surface area (Å²) in [6.07, 6.45) is 5.95. The molecule has 6 nitrogen and oxygen atoms in total. The van der Waals surface area contributed by atoms with E-state index in [9.17, 15) is 4.79 Å². The van der Waals surface area contributed by atoms with E-state index >= 15 is 0 Å². The fraction of sp³-hybridized carbons (Fsp3) is 0.0769. The number of terminal acetylenes is 1. The Morgan fingerprint density at radius 1 is 1.37 bits per heavy atom. The van der Waals surface area contributed by atoms with Crippen molar-refractivity contribution in [3.63, 3.8) is 0 Å². The first-order valence-corrected chi connectivity index (χ1v) is 5.50. The predicted octanol–water partition coefficient (Wildman–Crippen LogP) is 1.33. The zero-order chi connectivity index (χ0) is 13.2. The summed E-state index contributed by atoms with van der Waals surface area (Å²) in [5, 5.41) is 11.1. The van der Waals surface area contributed by atoms with Crippen LogP contribution in [0.2, 0.25) is 0 Å². The Morgan fingerprint density at radius 3 is 3.05 bits per heavy atom. The quantitative estimate of drug-likeness (QED) is 0.561. The number of nitrogens with one attached hydrogen (secondary N) is 1. The number of carbonyl (C=O) groups is 1. The van der Waals surface area contributed by atoms with Crippen LogP contribution < -0.4 is 4.74 Å². The lowest BCUT2D eigenvalue weighted by Gasteiger charge is -2.07. The number of aromatic amines is 1. The summed E-state index contributed by atoms with van der Waals surface area (Å²) in [7, 11) is 0. The van der Waals surface area contributed by atoms with Crippen molar-refractivity contribution in [3.8, 4) is 18.1 Å². The monoisotopic (exact) mass is 252 g/mol. The van der Waals surface area contributed by atoms with Gasteiger partial charge in [-0.1, -0.05) is 12.0 Å². The highest BCUT2D eigenvalue weighted by Gasteiger charge is 2.15. The Kier molecular flexibility index (Phi) is 2.58. The predicted molar refractivity (Wildman–Crippen MR) is 68.9 cm³/mol. The molecule has 1 N–H and O–H groups in total. The number of fused-ring (bicyclic) bond motifs is 2. The summed E-state index contributed by atoms with van der Waals surface area (Å²) in [5.74, 6) is 2.88. The van der Waals surface area contributed by atoms with Gasteiger partial charge in [0, 0.05) is 10.9 Å². The van der Waals surface area contributed by atoms with Gasteiger partial charge in [-0.2, -0.15) is 10.3 Å². The summed E-state index contributed by atoms with van der Waals surface area (Å²) in [6.45, 7) is 0.104. The van der Waals surface area contributed by atoms with Crippen LogP contribution in [0.4, 0.5) is 0 Å². The van der Waals surface area contributed by atoms with Crippen LogP contribution in [0.1, 0.15) is 10.4 Å². The fourth-order valence-corrected chi connectivity index (χ4v) is 1.91. The highest BCUT2D eigenvalue weighted by molar-refractivity contribution is 6.04. The van der Waals surface area contributed by atoms with Crippen molar-refractivity contribution in [3.05, 3.63) is 23.8 Å². The minimum Gasteiger partial charge on any atom is -0.478 e. The van der Waals surface area contributed by atoms with Crippen LogP contribution in [0.25, 0.3) is 22.1 Å². The molecule has 0 aliphatic carbocycles. The summed E-state index contributed by atoms with van der Waals surface area (Å²) in [5.41, 5.74) is 1.86. The van der Waals surface area contributed by atoms with Crippen molar-refractivity contribution in [1.82, 2.24) is 20.4 Å². The number of hydrogen-bond donors (Lipinski definition) is 1. The van der Waals surface area contributed by atoms with Gasteiger partial charge in [0.1, 0.15) is 6.61 Å². The molecule has 6 heteroatoms. The van der Waals surface area contributed by atoms with Crippen LogP contribution in [0.5, 0.6) is 5.75 Å². The van der Waals surface area contributed by atoms with Gasteiger partial charge in [-0.25, -0.2) is 4.98 Å². The van der Waals surface area contributed by atoms with Gasteiger partial charge in [-0.05, 0) is 12.1 Å². The van der Waals surface area contributed by atoms with Crippen molar-refractivity contribution in [2.45, 2.75) is 0 Å². The molecular weight excluding hydrogens is 244 g/mol. The first-order chi connectivity index (χ1) is 9.35. The van der Waals surface area contributed by atoms with Crippen LogP contribution >= 0.6 is 0 Å². The van der Waals surface area contributed by atoms with E-state index in [0.29, 0.717) is 33.4 Å². The van der Waals surface area contributed by atoms with Crippen LogP contribution in [0, 0.1) is 12.3 Å². The molecule has 1 aromatic carbocycles. The molecule has 2 heterocycles. The van der Waals surface area contributed by atoms with Crippen LogP contribution in [0.15, 0.2) is 18.2 Å². The maximum absolute atomic E-state index is 11.1. The third-order valence-corrected chi connectivity index (χ3v) is 2.70. The lowest BCUT2D eigenvalue weighted by molar-refractivity contribution is 0.112. The topological polar surface area (TPSA) is 80.8 Å². The Labute approximate surface area is 107 Å². The summed E-state index contributed by atoms with van der Waals surface area (Å²) in [6, 6.07) is 5.23. The number of ether oxygens (including phenoxy) is 1. The summed E-state index contributed by atoms with van der Waals surface area (Å²) < 4.78 is 5.53. The second-order valence-electron chi connectivity index (χ2n) is 3.79. The Balaban J connectivity index is 2.41. The van der Waals surface area contributed by atoms with Gasteiger partial charge >= 0.3 is 0 Å². The molecule has 0 atom stereocenters. The van der Waals surface area contributed by atoms with E-state index in [0.717, 1.165) is 6.29 Å². The minimum atomic E-state index is 0.104. The molecule has 0 unspecified atom stereocenters. The first-order valence-electron chi connectivity index (χ1n) is 5.50. The molecule has 0 aliphatic rings. The smallest absolute Gasteiger partial charge is 0.206 e. The zero-order valence-electron chi connectivity index (χ0n) is 9.75. The number of hydrogen-bond acceptors (Lipinski definition) is 5. The van der Waals surface area contributed by atoms with Crippen molar-refractivity contribution >= 4 is 28.4 Å². The zero-order valence-corrected chi connectivity index (χ0v) is 9.75. The van der Waals surface area contributed by atoms with Crippen LogP contribution in [-0.2, 0) is 0 Å². The molecule has 0 amide bonds. The minimum absolute atomic E-state index is 0.104. The van der Waals surface area contributed by atoms with Gasteiger partial charge in [0.05, 0.1) is 5.52 Å². The van der Waals surface area contributed by atoms with E-state index in [1.807, 2.05) is 0 Å². The molecule has 0 radical (unpaired) electrons. The van der Waals surface area contributed by atoms with E-state index in [2.05, 4.69) is 26.3 Å². The first kappa shape index (κ1) is 11.2. The maximum atomic E-state index is 11.1. The highest BCUT2D eigenvalue weighted by Crippen LogP contribution is 2.31.